The number of hydrogen-bond donors (Lipinski definition) is 0. The van der Waals surface area contributed by atoms with Crippen LogP contribution < -0.4 is 0 Å². The molecule has 610 valence electrons. The van der Waals surface area contributed by atoms with Gasteiger partial charge in [0.25, 0.3) is 0 Å². The lowest BCUT2D eigenvalue weighted by Gasteiger charge is -2.15. The quantitative estimate of drug-likeness (QED) is 0.136. The molecule has 24 heteroatoms. The fourth-order valence-corrected chi connectivity index (χ4v) is 6.48. The largest absolute Gasteiger partial charge is 0.451 e. The van der Waals surface area contributed by atoms with Gasteiger partial charge in [0.1, 0.15) is 48.3 Å². The first-order chi connectivity index (χ1) is 48.6. The highest BCUT2D eigenvalue weighted by Gasteiger charge is 2.26. The van der Waals surface area contributed by atoms with E-state index in [1.54, 1.807) is 57.4 Å². The smallest absolute Gasteiger partial charge is 0.232 e. The molecular formula is C82H152N14O10. The third-order valence-corrected chi connectivity index (χ3v) is 12.3. The van der Waals surface area contributed by atoms with Gasteiger partial charge in [0.15, 0.2) is 30.3 Å². The Morgan fingerprint density at radius 1 is 0.406 bits per heavy atom. The minimum Gasteiger partial charge on any atom is -0.451 e. The molecule has 0 saturated heterocycles. The number of nitrogens with zero attached hydrogens (tertiary/aromatic N) is 14. The molecule has 0 aliphatic carbocycles. The van der Waals surface area contributed by atoms with Crippen LogP contribution in [0.25, 0.3) is 0 Å². The van der Waals surface area contributed by atoms with Crippen LogP contribution in [-0.2, 0) is 53.6 Å². The summed E-state index contributed by atoms with van der Waals surface area (Å²) in [4.78, 5) is 24.9. The standard InChI is InChI=1S/4C7H12N2O.4C7H11NO.C7H13NO.C7H11NO.6C2H6/c1-5-8-9-6(10-5)7(2,3)4;1-5-8-6(9-10-5)7(2,3)4;1-5-8-6(10-9-5)7(2,3)4;1-5-6(7(2,3)4)9-10-8-5;1-7(2,3)6-4-9-5-8-6;1-7(2,3)6-4-8-5-9-6;1-7(2,3)6-4-8-9-5-6;1-7(2,3)6-8-4-5-9-6;1-7(2,3)6-4-5-9-8-6;1-7(2,3)6-4-5-8-9-6;6*1-2/h4*1-4H3;4*4-5H,1-3H3;4-5H2,1-3H3;4-5H,1-3H3;6*1-2H3. The Labute approximate surface area is 642 Å². The molecule has 0 aromatic carbocycles. The summed E-state index contributed by atoms with van der Waals surface area (Å²) in [5.74, 6) is 6.78. The summed E-state index contributed by atoms with van der Waals surface area (Å²) in [6, 6.07) is 1.89. The lowest BCUT2D eigenvalue weighted by atomic mass is 9.89. The Bertz CT molecular complexity index is 3020. The zero-order chi connectivity index (χ0) is 84.5. The monoisotopic (exact) mass is 1490 g/mol. The Morgan fingerprint density at radius 3 is 1.13 bits per heavy atom. The summed E-state index contributed by atoms with van der Waals surface area (Å²) in [6.45, 7) is 94.6. The van der Waals surface area contributed by atoms with Crippen molar-refractivity contribution in [2.24, 2.45) is 10.6 Å². The molecule has 0 atom stereocenters. The van der Waals surface area contributed by atoms with Crippen molar-refractivity contribution in [3.8, 4) is 0 Å². The van der Waals surface area contributed by atoms with E-state index < -0.39 is 0 Å². The first-order valence-electron chi connectivity index (χ1n) is 37.5. The number of hydrogen-bond acceptors (Lipinski definition) is 24. The molecule has 0 bridgehead atoms. The maximum atomic E-state index is 5.23. The highest BCUT2D eigenvalue weighted by Crippen LogP contribution is 2.27. The lowest BCUT2D eigenvalue weighted by Crippen LogP contribution is -2.17. The second kappa shape index (κ2) is 53.0. The third-order valence-electron chi connectivity index (χ3n) is 12.3. The Hall–Kier alpha value is -7.92. The number of aryl methyl sites for hydroxylation is 4. The van der Waals surface area contributed by atoms with Gasteiger partial charge >= 0.3 is 0 Å². The summed E-state index contributed by atoms with van der Waals surface area (Å²) in [6.07, 6.45) is 15.7. The van der Waals surface area contributed by atoms with E-state index in [1.165, 1.54) is 18.5 Å². The van der Waals surface area contributed by atoms with Crippen molar-refractivity contribution in [2.45, 2.75) is 374 Å². The van der Waals surface area contributed by atoms with E-state index in [4.69, 9.17) is 40.6 Å². The van der Waals surface area contributed by atoms with E-state index in [0.29, 0.717) is 29.4 Å². The van der Waals surface area contributed by atoms with E-state index in [9.17, 15) is 0 Å². The van der Waals surface area contributed by atoms with E-state index in [0.717, 1.165) is 58.9 Å². The Kier molecular flexibility index (Phi) is 54.5. The summed E-state index contributed by atoms with van der Waals surface area (Å²) in [5.41, 5.74) is 5.86. The van der Waals surface area contributed by atoms with Crippen LogP contribution in [0.1, 0.15) is 372 Å². The number of oxime groups is 1. The van der Waals surface area contributed by atoms with Crippen molar-refractivity contribution in [3.63, 3.8) is 0 Å². The van der Waals surface area contributed by atoms with Gasteiger partial charge in [0.2, 0.25) is 23.6 Å². The minimum atomic E-state index is -0.0265. The lowest BCUT2D eigenvalue weighted by molar-refractivity contribution is 0.173. The molecule has 0 amide bonds. The van der Waals surface area contributed by atoms with Crippen LogP contribution in [0.4, 0.5) is 0 Å². The molecule has 24 nitrogen and oxygen atoms in total. The van der Waals surface area contributed by atoms with Gasteiger partial charge in [0, 0.05) is 80.6 Å². The van der Waals surface area contributed by atoms with Gasteiger partial charge in [-0.15, -0.1) is 10.2 Å². The summed E-state index contributed by atoms with van der Waals surface area (Å²) in [5, 5.41) is 33.8. The van der Waals surface area contributed by atoms with Crippen LogP contribution in [0.5, 0.6) is 0 Å². The second-order valence-electron chi connectivity index (χ2n) is 32.6. The number of aromatic nitrogens is 13. The number of oxazole rings is 3. The van der Waals surface area contributed by atoms with Crippen LogP contribution in [0.2, 0.25) is 0 Å². The first-order valence-corrected chi connectivity index (χ1v) is 37.5. The molecule has 1 aliphatic heterocycles. The van der Waals surface area contributed by atoms with Crippen molar-refractivity contribution in [1.82, 2.24) is 66.1 Å². The molecular weight excluding hydrogens is 1340 g/mol. The maximum absolute atomic E-state index is 5.23. The zero-order valence-electron chi connectivity index (χ0n) is 75.5. The average Bonchev–Trinajstić information content (AvgIpc) is 1.77. The fourth-order valence-electron chi connectivity index (χ4n) is 6.48. The predicted octanol–water partition coefficient (Wildman–Crippen LogP) is 24.5. The van der Waals surface area contributed by atoms with Gasteiger partial charge in [-0.1, -0.05) is 327 Å². The van der Waals surface area contributed by atoms with Crippen molar-refractivity contribution < 1.29 is 45.2 Å². The molecule has 0 spiro atoms. The summed E-state index contributed by atoms with van der Waals surface area (Å²) in [7, 11) is 0. The van der Waals surface area contributed by atoms with Crippen LogP contribution in [-0.4, -0.2) is 78.4 Å². The molecule has 0 saturated carbocycles. The van der Waals surface area contributed by atoms with Crippen LogP contribution in [0.3, 0.4) is 0 Å². The minimum absolute atomic E-state index is 0.00222. The topological polar surface area (TPSA) is 307 Å². The summed E-state index contributed by atoms with van der Waals surface area (Å²) < 4.78 is 44.2. The molecule has 0 fully saturated rings. The van der Waals surface area contributed by atoms with Crippen LogP contribution in [0.15, 0.2) is 108 Å². The maximum Gasteiger partial charge on any atom is 0.232 e. The second-order valence-corrected chi connectivity index (χ2v) is 32.6. The normalized spacial score (nSPS) is 11.5. The van der Waals surface area contributed by atoms with Gasteiger partial charge in [-0.25, -0.2) is 19.6 Å². The predicted molar refractivity (Wildman–Crippen MR) is 433 cm³/mol. The molecule has 106 heavy (non-hydrogen) atoms. The summed E-state index contributed by atoms with van der Waals surface area (Å²) >= 11 is 0. The van der Waals surface area contributed by atoms with Gasteiger partial charge in [0.05, 0.1) is 36.2 Å². The average molecular weight is 1490 g/mol. The van der Waals surface area contributed by atoms with E-state index in [2.05, 4.69) is 242 Å². The Morgan fingerprint density at radius 2 is 0.943 bits per heavy atom. The molecule has 10 heterocycles. The van der Waals surface area contributed by atoms with E-state index in [1.807, 2.05) is 145 Å². The number of rotatable bonds is 0. The van der Waals surface area contributed by atoms with Crippen molar-refractivity contribution in [3.05, 3.63) is 138 Å². The molecule has 1 aliphatic rings. The van der Waals surface area contributed by atoms with Gasteiger partial charge in [-0.05, 0) is 19.3 Å². The zero-order valence-corrected chi connectivity index (χ0v) is 75.5. The molecule has 10 rings (SSSR count). The highest BCUT2D eigenvalue weighted by molar-refractivity contribution is 5.89. The van der Waals surface area contributed by atoms with Gasteiger partial charge in [-0.2, -0.15) is 9.97 Å². The Balaban J connectivity index is -0.000000258. The van der Waals surface area contributed by atoms with Crippen molar-refractivity contribution in [1.29, 1.82) is 0 Å². The van der Waals surface area contributed by atoms with Gasteiger partial charge < -0.3 is 40.6 Å². The van der Waals surface area contributed by atoms with Crippen molar-refractivity contribution in [2.75, 3.05) is 6.61 Å². The third kappa shape index (κ3) is 50.6. The first kappa shape index (κ1) is 109. The molecule has 0 unspecified atom stereocenters. The van der Waals surface area contributed by atoms with Gasteiger partial charge in [-0.3, -0.25) is 0 Å². The molecule has 0 radical (unpaired) electrons. The molecule has 0 N–H and O–H groups in total. The SMILES string of the molecule is CC.CC.CC.CC.CC.CC.CC(C)(C)C1=NOCC1.CC(C)(C)c1ccno1.CC(C)(C)c1cnco1.CC(C)(C)c1cnoc1.CC(C)(C)c1cocn1.CC(C)(C)c1ncco1.Cc1nc(C(C)(C)C)no1.Cc1nnc(C(C)(C)C)o1.Cc1noc(C(C)(C)C)n1.Cc1nonc1C(C)(C)C. The highest BCUT2D eigenvalue weighted by atomic mass is 16.6. The fraction of sp³-hybridized carbons (Fsp3) is 0.707. The molecule has 9 aromatic rings. The van der Waals surface area contributed by atoms with E-state index >= 15 is 0 Å². The van der Waals surface area contributed by atoms with Crippen LogP contribution >= 0.6 is 0 Å². The molecule has 9 aromatic heterocycles. The van der Waals surface area contributed by atoms with Crippen LogP contribution in [0, 0.1) is 33.1 Å². The van der Waals surface area contributed by atoms with E-state index in [-0.39, 0.29) is 54.1 Å². The van der Waals surface area contributed by atoms with Crippen molar-refractivity contribution >= 4 is 5.71 Å².